The minimum atomic E-state index is -0.499. The van der Waals surface area contributed by atoms with E-state index in [2.05, 4.69) is 44.3 Å². The van der Waals surface area contributed by atoms with Gasteiger partial charge in [-0.3, -0.25) is 0 Å². The van der Waals surface area contributed by atoms with Gasteiger partial charge in [0, 0.05) is 18.5 Å². The molecule has 1 aliphatic heterocycles. The van der Waals surface area contributed by atoms with Gasteiger partial charge in [0.15, 0.2) is 0 Å². The summed E-state index contributed by atoms with van der Waals surface area (Å²) >= 11 is 0. The molecule has 19 heavy (non-hydrogen) atoms. The lowest BCUT2D eigenvalue weighted by molar-refractivity contribution is -0.0272. The largest absolute Gasteiger partial charge is 0.378 e. The van der Waals surface area contributed by atoms with Crippen LogP contribution < -0.4 is 5.32 Å². The first-order chi connectivity index (χ1) is 9.04. The van der Waals surface area contributed by atoms with Crippen molar-refractivity contribution in [2.24, 2.45) is 5.92 Å². The molecule has 0 aromatic heterocycles. The summed E-state index contributed by atoms with van der Waals surface area (Å²) in [5.74, 6) is 0.437. The zero-order chi connectivity index (χ0) is 13.9. The van der Waals surface area contributed by atoms with Crippen molar-refractivity contribution in [3.63, 3.8) is 0 Å². The lowest BCUT2D eigenvalue weighted by Crippen LogP contribution is -2.47. The van der Waals surface area contributed by atoms with E-state index < -0.39 is 5.54 Å². The Morgan fingerprint density at radius 1 is 1.47 bits per heavy atom. The first kappa shape index (κ1) is 13.9. The fourth-order valence-corrected chi connectivity index (χ4v) is 2.56. The summed E-state index contributed by atoms with van der Waals surface area (Å²) in [4.78, 5) is 0. The van der Waals surface area contributed by atoms with Crippen molar-refractivity contribution in [1.82, 2.24) is 0 Å². The predicted octanol–water partition coefficient (Wildman–Crippen LogP) is 3.50. The minimum absolute atomic E-state index is 0.158. The normalized spacial score (nSPS) is 27.0. The number of nitriles is 1. The van der Waals surface area contributed by atoms with Crippen molar-refractivity contribution in [2.45, 2.75) is 45.3 Å². The highest BCUT2D eigenvalue weighted by Crippen LogP contribution is 2.31. The van der Waals surface area contributed by atoms with Gasteiger partial charge in [-0.2, -0.15) is 5.26 Å². The van der Waals surface area contributed by atoms with Crippen molar-refractivity contribution in [1.29, 1.82) is 5.26 Å². The molecule has 2 unspecified atom stereocenters. The molecule has 3 nitrogen and oxygen atoms in total. The predicted molar refractivity (Wildman–Crippen MR) is 77.0 cm³/mol. The maximum absolute atomic E-state index is 9.60. The number of benzene rings is 1. The Labute approximate surface area is 115 Å². The van der Waals surface area contributed by atoms with Crippen LogP contribution in [0, 0.1) is 24.2 Å². The van der Waals surface area contributed by atoms with Crippen molar-refractivity contribution in [3.8, 4) is 6.07 Å². The monoisotopic (exact) mass is 258 g/mol. The van der Waals surface area contributed by atoms with Crippen LogP contribution in [0.4, 0.5) is 5.69 Å². The summed E-state index contributed by atoms with van der Waals surface area (Å²) < 4.78 is 5.77. The van der Waals surface area contributed by atoms with Gasteiger partial charge in [0.25, 0.3) is 0 Å². The number of aryl methyl sites for hydroxylation is 1. The van der Waals surface area contributed by atoms with Gasteiger partial charge >= 0.3 is 0 Å². The summed E-state index contributed by atoms with van der Waals surface area (Å²) in [6, 6.07) is 10.7. The van der Waals surface area contributed by atoms with Crippen LogP contribution in [0.5, 0.6) is 0 Å². The van der Waals surface area contributed by atoms with E-state index in [-0.39, 0.29) is 6.10 Å². The molecule has 2 atom stereocenters. The van der Waals surface area contributed by atoms with Gasteiger partial charge in [-0.05, 0) is 30.5 Å². The van der Waals surface area contributed by atoms with Crippen LogP contribution in [-0.4, -0.2) is 18.2 Å². The van der Waals surface area contributed by atoms with Gasteiger partial charge in [0.1, 0.15) is 5.54 Å². The molecule has 1 aromatic rings. The Hall–Kier alpha value is -1.53. The molecule has 1 aromatic carbocycles. The molecule has 1 saturated heterocycles. The van der Waals surface area contributed by atoms with Crippen molar-refractivity contribution in [3.05, 3.63) is 29.8 Å². The quantitative estimate of drug-likeness (QED) is 0.902. The topological polar surface area (TPSA) is 45.0 Å². The Kier molecular flexibility index (Phi) is 4.11. The molecule has 0 bridgehead atoms. The Morgan fingerprint density at radius 3 is 2.89 bits per heavy atom. The van der Waals surface area contributed by atoms with Crippen LogP contribution in [0.2, 0.25) is 0 Å². The second-order valence-electron chi connectivity index (χ2n) is 5.80. The highest BCUT2D eigenvalue weighted by Gasteiger charge is 2.38. The molecule has 3 heteroatoms. The molecule has 1 fully saturated rings. The van der Waals surface area contributed by atoms with Gasteiger partial charge in [-0.15, -0.1) is 0 Å². The van der Waals surface area contributed by atoms with E-state index in [4.69, 9.17) is 4.74 Å². The number of rotatable bonds is 3. The molecular formula is C16H22N2O. The zero-order valence-electron chi connectivity index (χ0n) is 11.9. The first-order valence-electron chi connectivity index (χ1n) is 6.92. The van der Waals surface area contributed by atoms with Gasteiger partial charge in [-0.1, -0.05) is 26.0 Å². The summed E-state index contributed by atoms with van der Waals surface area (Å²) in [6.07, 6.45) is 1.64. The molecule has 102 valence electrons. The second kappa shape index (κ2) is 5.63. The van der Waals surface area contributed by atoms with Crippen molar-refractivity contribution < 1.29 is 4.74 Å². The summed E-state index contributed by atoms with van der Waals surface area (Å²) in [5, 5.41) is 13.0. The zero-order valence-corrected chi connectivity index (χ0v) is 11.9. The van der Waals surface area contributed by atoms with Crippen LogP contribution in [0.3, 0.4) is 0 Å². The molecule has 1 aliphatic rings. The maximum Gasteiger partial charge on any atom is 0.130 e. The average Bonchev–Trinajstić information content (AvgIpc) is 2.39. The van der Waals surface area contributed by atoms with Crippen molar-refractivity contribution >= 4 is 5.69 Å². The van der Waals surface area contributed by atoms with Crippen LogP contribution in [0.15, 0.2) is 24.3 Å². The summed E-state index contributed by atoms with van der Waals surface area (Å²) in [7, 11) is 0. The number of ether oxygens (including phenoxy) is 1. The van der Waals surface area contributed by atoms with Crippen LogP contribution in [0.1, 0.15) is 32.3 Å². The molecule has 0 radical (unpaired) electrons. The minimum Gasteiger partial charge on any atom is -0.378 e. The van der Waals surface area contributed by atoms with E-state index in [1.165, 1.54) is 5.56 Å². The first-order valence-corrected chi connectivity index (χ1v) is 6.92. The molecule has 0 saturated carbocycles. The third kappa shape index (κ3) is 3.27. The fourth-order valence-electron chi connectivity index (χ4n) is 2.56. The molecule has 1 heterocycles. The number of nitrogens with one attached hydrogen (secondary N) is 1. The van der Waals surface area contributed by atoms with Gasteiger partial charge in [-0.25, -0.2) is 0 Å². The van der Waals surface area contributed by atoms with Gasteiger partial charge in [0.2, 0.25) is 0 Å². The molecular weight excluding hydrogens is 236 g/mol. The fraction of sp³-hybridized carbons (Fsp3) is 0.562. The highest BCUT2D eigenvalue weighted by molar-refractivity contribution is 5.49. The molecule has 0 amide bonds. The van der Waals surface area contributed by atoms with E-state index in [1.54, 1.807) is 0 Å². The standard InChI is InChI=1S/C16H22N2O/c1-12(2)15-10-16(11-17,7-8-19-15)18-14-6-4-5-13(3)9-14/h4-6,9,12,15,18H,7-8,10H2,1-3H3. The van der Waals surface area contributed by atoms with E-state index >= 15 is 0 Å². The van der Waals surface area contributed by atoms with Crippen LogP contribution in [-0.2, 0) is 4.74 Å². The third-order valence-electron chi connectivity index (χ3n) is 3.77. The van der Waals surface area contributed by atoms with E-state index in [1.807, 2.05) is 12.1 Å². The highest BCUT2D eigenvalue weighted by atomic mass is 16.5. The number of hydrogen-bond donors (Lipinski definition) is 1. The van der Waals surface area contributed by atoms with Crippen molar-refractivity contribution in [2.75, 3.05) is 11.9 Å². The second-order valence-corrected chi connectivity index (χ2v) is 5.80. The number of anilines is 1. The smallest absolute Gasteiger partial charge is 0.130 e. The Balaban J connectivity index is 2.17. The lowest BCUT2D eigenvalue weighted by atomic mass is 9.84. The maximum atomic E-state index is 9.60. The number of nitrogens with zero attached hydrogens (tertiary/aromatic N) is 1. The van der Waals surface area contributed by atoms with Crippen LogP contribution >= 0.6 is 0 Å². The van der Waals surface area contributed by atoms with Gasteiger partial charge in [0.05, 0.1) is 18.8 Å². The Morgan fingerprint density at radius 2 is 2.26 bits per heavy atom. The average molecular weight is 258 g/mol. The molecule has 0 spiro atoms. The molecule has 1 N–H and O–H groups in total. The van der Waals surface area contributed by atoms with Gasteiger partial charge < -0.3 is 10.1 Å². The Bertz CT molecular complexity index is 478. The van der Waals surface area contributed by atoms with E-state index in [0.717, 1.165) is 18.5 Å². The molecule has 0 aliphatic carbocycles. The third-order valence-corrected chi connectivity index (χ3v) is 3.77. The van der Waals surface area contributed by atoms with Crippen LogP contribution in [0.25, 0.3) is 0 Å². The molecule has 2 rings (SSSR count). The summed E-state index contributed by atoms with van der Waals surface area (Å²) in [6.45, 7) is 7.00. The number of hydrogen-bond acceptors (Lipinski definition) is 3. The lowest BCUT2D eigenvalue weighted by Gasteiger charge is -2.38. The SMILES string of the molecule is Cc1cccc(NC2(C#N)CCOC(C(C)C)C2)c1. The summed E-state index contributed by atoms with van der Waals surface area (Å²) in [5.41, 5.74) is 1.72. The van der Waals surface area contributed by atoms with E-state index in [9.17, 15) is 5.26 Å². The van der Waals surface area contributed by atoms with E-state index in [0.29, 0.717) is 12.5 Å².